The van der Waals surface area contributed by atoms with Crippen LogP contribution in [0.3, 0.4) is 0 Å². The minimum atomic E-state index is -0.0122. The fourth-order valence-electron chi connectivity index (χ4n) is 3.16. The molecule has 1 aromatic rings. The van der Waals surface area contributed by atoms with Crippen molar-refractivity contribution in [3.63, 3.8) is 0 Å². The zero-order chi connectivity index (χ0) is 19.1. The second-order valence-corrected chi connectivity index (χ2v) is 6.63. The zero-order valence-electron chi connectivity index (χ0n) is 15.6. The fourth-order valence-corrected chi connectivity index (χ4v) is 3.16. The molecule has 0 spiro atoms. The number of ether oxygens (including phenoxy) is 2. The standard InChI is InChI=1S/C21H26N2O4/c1-26-19-4-2-3-17(7-10-19)22-18-11-12-23(13-18)21(25)15-27-20-8-5-16(14-24)6-9-20/h2-6,8-10,18,22,24H,7,11-15H2,1H3. The van der Waals surface area contributed by atoms with Crippen LogP contribution in [0.5, 0.6) is 5.75 Å². The lowest BCUT2D eigenvalue weighted by molar-refractivity contribution is -0.132. The van der Waals surface area contributed by atoms with Crippen LogP contribution >= 0.6 is 0 Å². The van der Waals surface area contributed by atoms with E-state index in [2.05, 4.69) is 5.32 Å². The molecule has 1 saturated heterocycles. The summed E-state index contributed by atoms with van der Waals surface area (Å²) in [6.07, 6.45) is 9.69. The van der Waals surface area contributed by atoms with Gasteiger partial charge in [0.25, 0.3) is 5.91 Å². The van der Waals surface area contributed by atoms with E-state index >= 15 is 0 Å². The van der Waals surface area contributed by atoms with E-state index in [0.29, 0.717) is 12.3 Å². The Kier molecular flexibility index (Phi) is 6.54. The smallest absolute Gasteiger partial charge is 0.260 e. The molecule has 1 aromatic carbocycles. The summed E-state index contributed by atoms with van der Waals surface area (Å²) in [6.45, 7) is 1.42. The Hall–Kier alpha value is -2.73. The van der Waals surface area contributed by atoms with Crippen molar-refractivity contribution in [1.82, 2.24) is 10.2 Å². The van der Waals surface area contributed by atoms with E-state index < -0.39 is 0 Å². The molecule has 27 heavy (non-hydrogen) atoms. The van der Waals surface area contributed by atoms with Gasteiger partial charge in [0.2, 0.25) is 0 Å². The highest BCUT2D eigenvalue weighted by Gasteiger charge is 2.26. The van der Waals surface area contributed by atoms with Crippen molar-refractivity contribution >= 4 is 5.91 Å². The van der Waals surface area contributed by atoms with Gasteiger partial charge in [0.15, 0.2) is 6.61 Å². The number of aliphatic hydroxyl groups is 1. The van der Waals surface area contributed by atoms with Crippen LogP contribution in [0.1, 0.15) is 18.4 Å². The molecule has 1 unspecified atom stereocenters. The SMILES string of the molecule is COC1=CCC(NC2CCN(C(=O)COc3ccc(CO)cc3)C2)=CC=C1. The first kappa shape index (κ1) is 19.0. The van der Waals surface area contributed by atoms with Crippen LogP contribution in [0, 0.1) is 0 Å². The maximum Gasteiger partial charge on any atom is 0.260 e. The van der Waals surface area contributed by atoms with Gasteiger partial charge < -0.3 is 24.8 Å². The van der Waals surface area contributed by atoms with Crippen molar-refractivity contribution in [2.75, 3.05) is 26.8 Å². The third-order valence-electron chi connectivity index (χ3n) is 4.72. The Balaban J connectivity index is 1.44. The molecule has 1 aliphatic carbocycles. The van der Waals surface area contributed by atoms with Crippen LogP contribution in [-0.4, -0.2) is 48.8 Å². The van der Waals surface area contributed by atoms with Crippen LogP contribution in [0.15, 0.2) is 60.0 Å². The highest BCUT2D eigenvalue weighted by atomic mass is 16.5. The average Bonchev–Trinajstić information content (AvgIpc) is 3.05. The molecule has 1 heterocycles. The Morgan fingerprint density at radius 3 is 2.89 bits per heavy atom. The van der Waals surface area contributed by atoms with E-state index in [1.54, 1.807) is 31.4 Å². The maximum absolute atomic E-state index is 12.4. The minimum absolute atomic E-state index is 0.00379. The molecule has 0 aromatic heterocycles. The summed E-state index contributed by atoms with van der Waals surface area (Å²) in [4.78, 5) is 14.2. The molecule has 1 amide bonds. The van der Waals surface area contributed by atoms with Gasteiger partial charge in [-0.3, -0.25) is 4.79 Å². The fraction of sp³-hybridized carbons (Fsp3) is 0.381. The predicted octanol–water partition coefficient (Wildman–Crippen LogP) is 2.12. The van der Waals surface area contributed by atoms with Crippen molar-refractivity contribution < 1.29 is 19.4 Å². The molecule has 6 heteroatoms. The van der Waals surface area contributed by atoms with Gasteiger partial charge in [0.05, 0.1) is 13.7 Å². The molecular formula is C21H26N2O4. The lowest BCUT2D eigenvalue weighted by Gasteiger charge is -2.19. The molecule has 6 nitrogen and oxygen atoms in total. The number of hydrogen-bond acceptors (Lipinski definition) is 5. The average molecular weight is 370 g/mol. The van der Waals surface area contributed by atoms with E-state index in [9.17, 15) is 4.79 Å². The summed E-state index contributed by atoms with van der Waals surface area (Å²) in [6, 6.07) is 7.35. The normalized spacial score (nSPS) is 19.2. The second kappa shape index (κ2) is 9.28. The number of nitrogens with zero attached hydrogens (tertiary/aromatic N) is 1. The first-order valence-corrected chi connectivity index (χ1v) is 9.16. The number of carbonyl (C=O) groups is 1. The number of hydrogen-bond donors (Lipinski definition) is 2. The Morgan fingerprint density at radius 2 is 2.15 bits per heavy atom. The number of allylic oxidation sites excluding steroid dienone is 4. The van der Waals surface area contributed by atoms with Gasteiger partial charge in [-0.2, -0.15) is 0 Å². The van der Waals surface area contributed by atoms with Gasteiger partial charge in [-0.1, -0.05) is 18.2 Å². The Labute approximate surface area is 159 Å². The van der Waals surface area contributed by atoms with Gasteiger partial charge in [0.1, 0.15) is 11.5 Å². The van der Waals surface area contributed by atoms with Crippen molar-refractivity contribution in [2.45, 2.75) is 25.5 Å². The van der Waals surface area contributed by atoms with Crippen LogP contribution in [0.25, 0.3) is 0 Å². The van der Waals surface area contributed by atoms with Gasteiger partial charge in [0, 0.05) is 31.2 Å². The minimum Gasteiger partial charge on any atom is -0.497 e. The Bertz CT molecular complexity index is 737. The van der Waals surface area contributed by atoms with Crippen molar-refractivity contribution in [3.05, 3.63) is 65.6 Å². The second-order valence-electron chi connectivity index (χ2n) is 6.63. The molecule has 0 saturated carbocycles. The van der Waals surface area contributed by atoms with Gasteiger partial charge in [-0.25, -0.2) is 0 Å². The van der Waals surface area contributed by atoms with E-state index in [0.717, 1.165) is 36.4 Å². The number of nitrogens with one attached hydrogen (secondary N) is 1. The van der Waals surface area contributed by atoms with Crippen LogP contribution in [-0.2, 0) is 16.1 Å². The molecular weight excluding hydrogens is 344 g/mol. The van der Waals surface area contributed by atoms with Gasteiger partial charge in [-0.05, 0) is 42.3 Å². The topological polar surface area (TPSA) is 71.0 Å². The lowest BCUT2D eigenvalue weighted by Crippen LogP contribution is -2.37. The molecule has 3 rings (SSSR count). The molecule has 0 radical (unpaired) electrons. The van der Waals surface area contributed by atoms with Crippen LogP contribution in [0.2, 0.25) is 0 Å². The summed E-state index contributed by atoms with van der Waals surface area (Å²) >= 11 is 0. The van der Waals surface area contributed by atoms with E-state index in [-0.39, 0.29) is 25.2 Å². The highest BCUT2D eigenvalue weighted by Crippen LogP contribution is 2.16. The predicted molar refractivity (Wildman–Crippen MR) is 103 cm³/mol. The quantitative estimate of drug-likeness (QED) is 0.769. The molecule has 1 atom stereocenters. The molecule has 1 aliphatic heterocycles. The summed E-state index contributed by atoms with van der Waals surface area (Å²) < 4.78 is 10.8. The summed E-state index contributed by atoms with van der Waals surface area (Å²) in [7, 11) is 1.66. The third-order valence-corrected chi connectivity index (χ3v) is 4.72. The zero-order valence-corrected chi connectivity index (χ0v) is 15.6. The number of rotatable bonds is 7. The monoisotopic (exact) mass is 370 g/mol. The first-order chi connectivity index (χ1) is 13.2. The highest BCUT2D eigenvalue weighted by molar-refractivity contribution is 5.78. The number of methoxy groups -OCH3 is 1. The summed E-state index contributed by atoms with van der Waals surface area (Å²) in [5.41, 5.74) is 1.94. The number of benzene rings is 1. The number of aliphatic hydroxyl groups excluding tert-OH is 1. The van der Waals surface area contributed by atoms with E-state index in [4.69, 9.17) is 14.6 Å². The lowest BCUT2D eigenvalue weighted by atomic mass is 10.2. The van der Waals surface area contributed by atoms with Crippen LogP contribution in [0.4, 0.5) is 0 Å². The van der Waals surface area contributed by atoms with Gasteiger partial charge in [-0.15, -0.1) is 0 Å². The van der Waals surface area contributed by atoms with E-state index in [1.165, 1.54) is 0 Å². The van der Waals surface area contributed by atoms with Crippen molar-refractivity contribution in [2.24, 2.45) is 0 Å². The van der Waals surface area contributed by atoms with E-state index in [1.807, 2.05) is 29.2 Å². The third kappa shape index (κ3) is 5.37. The molecule has 2 aliphatic rings. The Morgan fingerprint density at radius 1 is 1.33 bits per heavy atom. The number of likely N-dealkylation sites (tertiary alicyclic amines) is 1. The largest absolute Gasteiger partial charge is 0.497 e. The molecule has 2 N–H and O–H groups in total. The maximum atomic E-state index is 12.4. The first-order valence-electron chi connectivity index (χ1n) is 9.16. The molecule has 1 fully saturated rings. The molecule has 0 bridgehead atoms. The summed E-state index contributed by atoms with van der Waals surface area (Å²) in [5, 5.41) is 12.6. The van der Waals surface area contributed by atoms with Crippen LogP contribution < -0.4 is 10.1 Å². The van der Waals surface area contributed by atoms with Crippen molar-refractivity contribution in [3.8, 4) is 5.75 Å². The molecule has 144 valence electrons. The summed E-state index contributed by atoms with van der Waals surface area (Å²) in [5.74, 6) is 1.47. The number of carbonyl (C=O) groups excluding carboxylic acids is 1. The van der Waals surface area contributed by atoms with Crippen molar-refractivity contribution in [1.29, 1.82) is 0 Å². The number of amides is 1. The van der Waals surface area contributed by atoms with Gasteiger partial charge >= 0.3 is 0 Å².